The second-order valence-electron chi connectivity index (χ2n) is 2.54. The van der Waals surface area contributed by atoms with Gasteiger partial charge in [0.15, 0.2) is 0 Å². The van der Waals surface area contributed by atoms with Crippen molar-refractivity contribution in [3.8, 4) is 0 Å². The zero-order valence-electron chi connectivity index (χ0n) is 7.36. The number of aryl methyl sites for hydroxylation is 1. The minimum absolute atomic E-state index is 0.316. The second-order valence-corrected chi connectivity index (χ2v) is 3.33. The van der Waals surface area contributed by atoms with Gasteiger partial charge in [0.05, 0.1) is 12.2 Å². The van der Waals surface area contributed by atoms with E-state index in [1.165, 1.54) is 0 Å². The number of nitrogens with one attached hydrogen (secondary N) is 1. The molecule has 0 fully saturated rings. The van der Waals surface area contributed by atoms with Gasteiger partial charge in [0.1, 0.15) is 0 Å². The molecule has 0 bridgehead atoms. The number of hydrogen-bond acceptors (Lipinski definition) is 2. The van der Waals surface area contributed by atoms with Crippen molar-refractivity contribution in [1.82, 2.24) is 9.71 Å². The maximum absolute atomic E-state index is 10.3. The van der Waals surface area contributed by atoms with Gasteiger partial charge in [0.25, 0.3) is 0 Å². The van der Waals surface area contributed by atoms with Gasteiger partial charge in [0.2, 0.25) is 11.3 Å². The monoisotopic (exact) mass is 200 g/mol. The molecule has 0 saturated carbocycles. The van der Waals surface area contributed by atoms with Gasteiger partial charge in [0, 0.05) is 5.69 Å². The van der Waals surface area contributed by atoms with Gasteiger partial charge >= 0.3 is 0 Å². The molecular formula is C8H12N2O2S. The highest BCUT2D eigenvalue weighted by atomic mass is 32.2. The van der Waals surface area contributed by atoms with E-state index in [1.807, 2.05) is 25.1 Å². The Morgan fingerprint density at radius 3 is 2.85 bits per heavy atom. The van der Waals surface area contributed by atoms with Crippen molar-refractivity contribution in [2.75, 3.05) is 0 Å². The SMILES string of the molecule is CCc1cccc(CNS(=O)O)n1. The average molecular weight is 200 g/mol. The van der Waals surface area contributed by atoms with Crippen molar-refractivity contribution in [3.05, 3.63) is 29.6 Å². The van der Waals surface area contributed by atoms with Crippen LogP contribution < -0.4 is 4.72 Å². The molecule has 1 aromatic heterocycles. The molecule has 0 aliphatic carbocycles. The molecule has 1 rings (SSSR count). The molecule has 1 unspecified atom stereocenters. The van der Waals surface area contributed by atoms with Crippen LogP contribution in [0.3, 0.4) is 0 Å². The highest BCUT2D eigenvalue weighted by Gasteiger charge is 1.97. The van der Waals surface area contributed by atoms with Crippen molar-refractivity contribution in [2.45, 2.75) is 19.9 Å². The Bertz CT molecular complexity index is 304. The first-order valence-corrected chi connectivity index (χ1v) is 5.12. The molecule has 72 valence electrons. The molecule has 0 radical (unpaired) electrons. The molecule has 0 aliphatic heterocycles. The highest BCUT2D eigenvalue weighted by molar-refractivity contribution is 7.77. The van der Waals surface area contributed by atoms with E-state index in [-0.39, 0.29) is 0 Å². The summed E-state index contributed by atoms with van der Waals surface area (Å²) in [7, 11) is 0. The lowest BCUT2D eigenvalue weighted by Crippen LogP contribution is -2.16. The normalized spacial score (nSPS) is 12.8. The van der Waals surface area contributed by atoms with Gasteiger partial charge in [-0.1, -0.05) is 13.0 Å². The molecule has 4 nitrogen and oxygen atoms in total. The lowest BCUT2D eigenvalue weighted by atomic mass is 10.2. The van der Waals surface area contributed by atoms with E-state index in [0.717, 1.165) is 17.8 Å². The molecule has 2 N–H and O–H groups in total. The number of pyridine rings is 1. The smallest absolute Gasteiger partial charge is 0.232 e. The second kappa shape index (κ2) is 5.06. The molecule has 0 aromatic carbocycles. The molecule has 0 saturated heterocycles. The molecule has 1 heterocycles. The zero-order valence-corrected chi connectivity index (χ0v) is 8.17. The summed E-state index contributed by atoms with van der Waals surface area (Å²) in [4.78, 5) is 4.26. The maximum atomic E-state index is 10.3. The van der Waals surface area contributed by atoms with Crippen molar-refractivity contribution in [1.29, 1.82) is 0 Å². The summed E-state index contributed by atoms with van der Waals surface area (Å²) in [5.74, 6) is 0. The Balaban J connectivity index is 2.61. The average Bonchev–Trinajstić information content (AvgIpc) is 2.15. The Kier molecular flexibility index (Phi) is 4.01. The van der Waals surface area contributed by atoms with Crippen molar-refractivity contribution >= 4 is 11.3 Å². The van der Waals surface area contributed by atoms with Crippen LogP contribution in [-0.2, 0) is 24.2 Å². The Morgan fingerprint density at radius 1 is 1.54 bits per heavy atom. The van der Waals surface area contributed by atoms with Crippen molar-refractivity contribution in [2.24, 2.45) is 0 Å². The summed E-state index contributed by atoms with van der Waals surface area (Å²) in [6.45, 7) is 2.33. The van der Waals surface area contributed by atoms with Crippen LogP contribution in [0.4, 0.5) is 0 Å². The Hall–Kier alpha value is -0.780. The largest absolute Gasteiger partial charge is 0.294 e. The van der Waals surface area contributed by atoms with E-state index in [4.69, 9.17) is 4.55 Å². The molecule has 0 amide bonds. The minimum atomic E-state index is -1.96. The third-order valence-electron chi connectivity index (χ3n) is 1.60. The van der Waals surface area contributed by atoms with E-state index >= 15 is 0 Å². The molecule has 1 atom stereocenters. The number of aromatic nitrogens is 1. The van der Waals surface area contributed by atoms with E-state index in [9.17, 15) is 4.21 Å². The van der Waals surface area contributed by atoms with E-state index in [0.29, 0.717) is 6.54 Å². The molecule has 0 spiro atoms. The first kappa shape index (κ1) is 10.3. The fraction of sp³-hybridized carbons (Fsp3) is 0.375. The molecular weight excluding hydrogens is 188 g/mol. The highest BCUT2D eigenvalue weighted by Crippen LogP contribution is 1.99. The maximum Gasteiger partial charge on any atom is 0.232 e. The first-order chi connectivity index (χ1) is 6.22. The van der Waals surface area contributed by atoms with Crippen LogP contribution >= 0.6 is 0 Å². The number of rotatable bonds is 4. The van der Waals surface area contributed by atoms with Gasteiger partial charge in [-0.2, -0.15) is 0 Å². The van der Waals surface area contributed by atoms with Crippen molar-refractivity contribution in [3.63, 3.8) is 0 Å². The third kappa shape index (κ3) is 3.63. The van der Waals surface area contributed by atoms with E-state index < -0.39 is 11.3 Å². The van der Waals surface area contributed by atoms with Crippen LogP contribution in [-0.4, -0.2) is 13.7 Å². The van der Waals surface area contributed by atoms with Crippen LogP contribution in [0.25, 0.3) is 0 Å². The van der Waals surface area contributed by atoms with Crippen LogP contribution in [0.15, 0.2) is 18.2 Å². The zero-order chi connectivity index (χ0) is 9.68. The van der Waals surface area contributed by atoms with E-state index in [1.54, 1.807) is 0 Å². The summed E-state index contributed by atoms with van der Waals surface area (Å²) in [6, 6.07) is 5.64. The molecule has 0 aliphatic rings. The van der Waals surface area contributed by atoms with Gasteiger partial charge in [-0.3, -0.25) is 9.54 Å². The summed E-state index contributed by atoms with van der Waals surface area (Å²) in [5.41, 5.74) is 1.77. The summed E-state index contributed by atoms with van der Waals surface area (Å²) < 4.78 is 21.2. The van der Waals surface area contributed by atoms with Gasteiger partial charge in [-0.15, -0.1) is 0 Å². The number of hydrogen-bond donors (Lipinski definition) is 2. The van der Waals surface area contributed by atoms with Crippen LogP contribution in [0.1, 0.15) is 18.3 Å². The summed E-state index contributed by atoms with van der Waals surface area (Å²) >= 11 is -1.96. The standard InChI is InChI=1S/C8H12N2O2S/c1-2-7-4-3-5-8(10-7)6-9-13(11)12/h3-5,9H,2,6H2,1H3,(H,11,12). The van der Waals surface area contributed by atoms with Gasteiger partial charge in [-0.05, 0) is 18.6 Å². The lowest BCUT2D eigenvalue weighted by molar-refractivity contribution is 0.548. The first-order valence-electron chi connectivity index (χ1n) is 4.01. The summed E-state index contributed by atoms with van der Waals surface area (Å²) in [5, 5.41) is 0. The fourth-order valence-electron chi connectivity index (χ4n) is 0.960. The van der Waals surface area contributed by atoms with Crippen molar-refractivity contribution < 1.29 is 8.76 Å². The third-order valence-corrected chi connectivity index (χ3v) is 1.99. The van der Waals surface area contributed by atoms with Crippen LogP contribution in [0, 0.1) is 0 Å². The Labute approximate surface area is 79.8 Å². The molecule has 13 heavy (non-hydrogen) atoms. The predicted molar refractivity (Wildman–Crippen MR) is 51.2 cm³/mol. The van der Waals surface area contributed by atoms with Gasteiger partial charge in [-0.25, -0.2) is 8.93 Å². The molecule has 1 aromatic rings. The fourth-order valence-corrected chi connectivity index (χ4v) is 1.23. The Morgan fingerprint density at radius 2 is 2.23 bits per heavy atom. The summed E-state index contributed by atoms with van der Waals surface area (Å²) in [6.07, 6.45) is 0.871. The minimum Gasteiger partial charge on any atom is -0.294 e. The van der Waals surface area contributed by atoms with Crippen LogP contribution in [0.5, 0.6) is 0 Å². The quantitative estimate of drug-likeness (QED) is 0.709. The lowest BCUT2D eigenvalue weighted by Gasteiger charge is -2.01. The topological polar surface area (TPSA) is 62.2 Å². The molecule has 5 heteroatoms. The van der Waals surface area contributed by atoms with E-state index in [2.05, 4.69) is 9.71 Å². The van der Waals surface area contributed by atoms with Gasteiger partial charge < -0.3 is 0 Å². The number of nitrogens with zero attached hydrogens (tertiary/aromatic N) is 1. The predicted octanol–water partition coefficient (Wildman–Crippen LogP) is 0.870. The van der Waals surface area contributed by atoms with Crippen LogP contribution in [0.2, 0.25) is 0 Å².